The Bertz CT molecular complexity index is 689. The lowest BCUT2D eigenvalue weighted by Gasteiger charge is -2.23. The molecule has 7 nitrogen and oxygen atoms in total. The van der Waals surface area contributed by atoms with Gasteiger partial charge < -0.3 is 15.8 Å². The Kier molecular flexibility index (Phi) is 8.08. The molecule has 0 saturated heterocycles. The van der Waals surface area contributed by atoms with Gasteiger partial charge in [0, 0.05) is 22.4 Å². The van der Waals surface area contributed by atoms with E-state index >= 15 is 0 Å². The molecule has 0 aromatic heterocycles. The molecular formula is C17H23Br2N3O4. The average Bonchev–Trinajstić information content (AvgIpc) is 2.50. The van der Waals surface area contributed by atoms with Gasteiger partial charge in [-0.1, -0.05) is 15.9 Å². The number of nitrogens with zero attached hydrogens (tertiary/aromatic N) is 1. The van der Waals surface area contributed by atoms with Gasteiger partial charge in [-0.2, -0.15) is 0 Å². The van der Waals surface area contributed by atoms with Crippen LogP contribution in [0.1, 0.15) is 33.6 Å². The normalized spacial score (nSPS) is 12.2. The monoisotopic (exact) mass is 491 g/mol. The van der Waals surface area contributed by atoms with E-state index in [0.717, 1.165) is 4.47 Å². The third kappa shape index (κ3) is 7.33. The second-order valence-electron chi connectivity index (χ2n) is 6.68. The van der Waals surface area contributed by atoms with Crippen LogP contribution in [-0.4, -0.2) is 36.6 Å². The lowest BCUT2D eigenvalue weighted by molar-refractivity contribution is -0.155. The van der Waals surface area contributed by atoms with Crippen molar-refractivity contribution in [1.82, 2.24) is 5.32 Å². The molecule has 1 rings (SSSR count). The Balaban J connectivity index is 2.74. The first-order chi connectivity index (χ1) is 11.9. The molecule has 1 unspecified atom stereocenters. The van der Waals surface area contributed by atoms with Crippen LogP contribution in [0, 0.1) is 0 Å². The zero-order valence-corrected chi connectivity index (χ0v) is 18.3. The van der Waals surface area contributed by atoms with Gasteiger partial charge in [-0.15, -0.1) is 0 Å². The fourth-order valence-corrected chi connectivity index (χ4v) is 2.90. The van der Waals surface area contributed by atoms with Crippen LogP contribution < -0.4 is 16.0 Å². The first-order valence-electron chi connectivity index (χ1n) is 7.91. The van der Waals surface area contributed by atoms with Crippen LogP contribution >= 0.6 is 31.9 Å². The first kappa shape index (κ1) is 22.4. The van der Waals surface area contributed by atoms with E-state index in [1.165, 1.54) is 4.90 Å². The summed E-state index contributed by atoms with van der Waals surface area (Å²) in [7, 11) is 1.56. The number of hydrogen-bond donors (Lipinski definition) is 2. The number of benzene rings is 1. The van der Waals surface area contributed by atoms with Gasteiger partial charge in [0.2, 0.25) is 5.91 Å². The number of primary amides is 1. The molecule has 0 bridgehead atoms. The summed E-state index contributed by atoms with van der Waals surface area (Å²) in [4.78, 5) is 37.2. The summed E-state index contributed by atoms with van der Waals surface area (Å²) in [6.07, 6.45) is 0.0267. The summed E-state index contributed by atoms with van der Waals surface area (Å²) < 4.78 is 6.70. The zero-order valence-electron chi connectivity index (χ0n) is 15.1. The Morgan fingerprint density at radius 1 is 1.27 bits per heavy atom. The van der Waals surface area contributed by atoms with Gasteiger partial charge in [0.1, 0.15) is 11.6 Å². The van der Waals surface area contributed by atoms with Gasteiger partial charge in [0.25, 0.3) is 0 Å². The molecule has 0 heterocycles. The Hall–Kier alpha value is -1.61. The van der Waals surface area contributed by atoms with Crippen LogP contribution in [0.25, 0.3) is 0 Å². The minimum Gasteiger partial charge on any atom is -0.460 e. The highest BCUT2D eigenvalue weighted by atomic mass is 79.9. The van der Waals surface area contributed by atoms with Crippen LogP contribution in [0.3, 0.4) is 0 Å². The summed E-state index contributed by atoms with van der Waals surface area (Å²) in [5, 5.41) is 2.55. The summed E-state index contributed by atoms with van der Waals surface area (Å²) >= 11 is 6.72. The number of amides is 3. The maximum Gasteiger partial charge on any atom is 0.322 e. The van der Waals surface area contributed by atoms with Crippen molar-refractivity contribution in [2.45, 2.75) is 45.3 Å². The second kappa shape index (κ2) is 9.36. The number of nitrogens with two attached hydrogens (primary N) is 1. The largest absolute Gasteiger partial charge is 0.460 e. The van der Waals surface area contributed by atoms with E-state index in [1.807, 2.05) is 6.07 Å². The van der Waals surface area contributed by atoms with Gasteiger partial charge in [0.05, 0.1) is 5.69 Å². The number of nitrogens with one attached hydrogen (secondary N) is 1. The quantitative estimate of drug-likeness (QED) is 0.594. The summed E-state index contributed by atoms with van der Waals surface area (Å²) in [6.45, 7) is 5.26. The van der Waals surface area contributed by atoms with Crippen LogP contribution in [0.2, 0.25) is 0 Å². The van der Waals surface area contributed by atoms with E-state index in [1.54, 1.807) is 40.0 Å². The lowest BCUT2D eigenvalue weighted by Crippen LogP contribution is -2.49. The van der Waals surface area contributed by atoms with Gasteiger partial charge in [-0.3, -0.25) is 14.5 Å². The van der Waals surface area contributed by atoms with Gasteiger partial charge >= 0.3 is 12.0 Å². The van der Waals surface area contributed by atoms with Crippen molar-refractivity contribution in [1.29, 1.82) is 0 Å². The number of halogens is 2. The number of carbonyl (C=O) groups is 3. The smallest absolute Gasteiger partial charge is 0.322 e. The highest BCUT2D eigenvalue weighted by molar-refractivity contribution is 9.11. The number of urea groups is 1. The third-order valence-corrected chi connectivity index (χ3v) is 4.44. The van der Waals surface area contributed by atoms with E-state index in [0.29, 0.717) is 10.2 Å². The molecule has 0 saturated carbocycles. The van der Waals surface area contributed by atoms with Crippen molar-refractivity contribution in [2.24, 2.45) is 5.73 Å². The first-order valence-corrected chi connectivity index (χ1v) is 9.49. The molecule has 144 valence electrons. The maximum absolute atomic E-state index is 12.5. The minimum atomic E-state index is -0.983. The number of esters is 1. The van der Waals surface area contributed by atoms with E-state index < -0.39 is 29.6 Å². The molecule has 1 aromatic rings. The van der Waals surface area contributed by atoms with E-state index in [9.17, 15) is 14.4 Å². The summed E-state index contributed by atoms with van der Waals surface area (Å²) in [5.74, 6) is -1.18. The number of carbonyl (C=O) groups excluding carboxylic acids is 3. The molecule has 0 aliphatic heterocycles. The summed E-state index contributed by atoms with van der Waals surface area (Å²) in [5.41, 5.74) is 5.34. The Labute approximate surface area is 169 Å². The molecule has 3 amide bonds. The van der Waals surface area contributed by atoms with Crippen LogP contribution in [-0.2, 0) is 14.3 Å². The molecule has 1 atom stereocenters. The van der Waals surface area contributed by atoms with Gasteiger partial charge in [-0.05, 0) is 61.3 Å². The molecule has 26 heavy (non-hydrogen) atoms. The van der Waals surface area contributed by atoms with Crippen molar-refractivity contribution < 1.29 is 19.1 Å². The molecule has 3 N–H and O–H groups in total. The molecule has 0 fully saturated rings. The minimum absolute atomic E-state index is 0.0323. The lowest BCUT2D eigenvalue weighted by atomic mass is 10.1. The molecule has 0 aliphatic carbocycles. The predicted molar refractivity (Wildman–Crippen MR) is 107 cm³/mol. The van der Waals surface area contributed by atoms with Crippen molar-refractivity contribution in [3.63, 3.8) is 0 Å². The molecule has 0 radical (unpaired) electrons. The number of ether oxygens (including phenoxy) is 1. The second-order valence-corrected chi connectivity index (χ2v) is 8.45. The number of anilines is 1. The standard InChI is InChI=1S/C17H23Br2N3O4/c1-17(2,3)26-14(23)8-7-12(15(20)24)21-16(25)22(4)13-9-10(18)5-6-11(13)19/h5-6,9,12H,7-8H2,1-4H3,(H2,20,24)(H,21,25). The molecule has 1 aromatic carbocycles. The van der Waals surface area contributed by atoms with Crippen molar-refractivity contribution in [3.05, 3.63) is 27.1 Å². The van der Waals surface area contributed by atoms with Crippen molar-refractivity contribution in [2.75, 3.05) is 11.9 Å². The molecule has 0 spiro atoms. The van der Waals surface area contributed by atoms with E-state index in [2.05, 4.69) is 37.2 Å². The highest BCUT2D eigenvalue weighted by Crippen LogP contribution is 2.29. The SMILES string of the molecule is CN(C(=O)NC(CCC(=O)OC(C)(C)C)C(N)=O)c1cc(Br)ccc1Br. The molecular weight excluding hydrogens is 470 g/mol. The van der Waals surface area contributed by atoms with Crippen LogP contribution in [0.4, 0.5) is 10.5 Å². The van der Waals surface area contributed by atoms with Gasteiger partial charge in [0.15, 0.2) is 0 Å². The van der Waals surface area contributed by atoms with Gasteiger partial charge in [-0.25, -0.2) is 4.79 Å². The topological polar surface area (TPSA) is 102 Å². The van der Waals surface area contributed by atoms with E-state index in [4.69, 9.17) is 10.5 Å². The van der Waals surface area contributed by atoms with Crippen molar-refractivity contribution >= 4 is 55.5 Å². The Morgan fingerprint density at radius 3 is 2.42 bits per heavy atom. The fourth-order valence-electron chi connectivity index (χ4n) is 2.04. The number of hydrogen-bond acceptors (Lipinski definition) is 4. The molecule has 9 heteroatoms. The highest BCUT2D eigenvalue weighted by Gasteiger charge is 2.24. The number of rotatable bonds is 6. The van der Waals surface area contributed by atoms with Crippen LogP contribution in [0.5, 0.6) is 0 Å². The third-order valence-electron chi connectivity index (χ3n) is 3.27. The summed E-state index contributed by atoms with van der Waals surface area (Å²) in [6, 6.07) is 3.87. The average molecular weight is 493 g/mol. The zero-order chi connectivity index (χ0) is 20.1. The maximum atomic E-state index is 12.5. The molecule has 0 aliphatic rings. The van der Waals surface area contributed by atoms with E-state index in [-0.39, 0.29) is 12.8 Å². The fraction of sp³-hybridized carbons (Fsp3) is 0.471. The van der Waals surface area contributed by atoms with Crippen LogP contribution in [0.15, 0.2) is 27.1 Å². The Morgan fingerprint density at radius 2 is 1.88 bits per heavy atom. The predicted octanol–water partition coefficient (Wildman–Crippen LogP) is 3.33. The van der Waals surface area contributed by atoms with Crippen molar-refractivity contribution in [3.8, 4) is 0 Å².